The molecular weight excluding hydrogens is 534 g/mol. The van der Waals surface area contributed by atoms with E-state index in [1.165, 1.54) is 17.3 Å². The quantitative estimate of drug-likeness (QED) is 0.349. The zero-order chi connectivity index (χ0) is 25.7. The Morgan fingerprint density at radius 1 is 0.861 bits per heavy atom. The molecule has 0 saturated carbocycles. The van der Waals surface area contributed by atoms with Crippen LogP contribution in [0.1, 0.15) is 36.7 Å². The van der Waals surface area contributed by atoms with Gasteiger partial charge in [0.2, 0.25) is 5.91 Å². The van der Waals surface area contributed by atoms with E-state index in [0.29, 0.717) is 24.4 Å². The lowest BCUT2D eigenvalue weighted by molar-refractivity contribution is -0.113. The minimum atomic E-state index is -0.0206. The van der Waals surface area contributed by atoms with Gasteiger partial charge >= 0.3 is 0 Å². The van der Waals surface area contributed by atoms with Crippen LogP contribution in [0.4, 0.5) is 11.4 Å². The van der Waals surface area contributed by atoms with Gasteiger partial charge in [-0.05, 0) is 71.6 Å². The van der Waals surface area contributed by atoms with Gasteiger partial charge in [0.15, 0.2) is 0 Å². The monoisotopic (exact) mass is 565 g/mol. The number of nitrogens with zero attached hydrogens (tertiary/aromatic N) is 2. The molecule has 0 radical (unpaired) electrons. The number of carbonyl (C=O) groups is 2. The largest absolute Gasteiger partial charge is 0.368 e. The number of carbonyl (C=O) groups excluding carboxylic acids is 2. The van der Waals surface area contributed by atoms with Crippen molar-refractivity contribution in [3.8, 4) is 0 Å². The van der Waals surface area contributed by atoms with E-state index in [4.69, 9.17) is 0 Å². The average molecular weight is 567 g/mol. The molecule has 0 aliphatic carbocycles. The molecule has 3 aromatic rings. The first-order valence-electron chi connectivity index (χ1n) is 12.1. The molecule has 5 nitrogen and oxygen atoms in total. The summed E-state index contributed by atoms with van der Waals surface area (Å²) in [6.07, 6.45) is 0. The Hall–Kier alpha value is -2.77. The molecule has 1 aliphatic heterocycles. The number of hydrogen-bond donors (Lipinski definition) is 1. The molecule has 1 N–H and O–H groups in total. The summed E-state index contributed by atoms with van der Waals surface area (Å²) in [6.45, 7) is 9.50. The summed E-state index contributed by atoms with van der Waals surface area (Å²) in [7, 11) is 0. The van der Waals surface area contributed by atoms with Crippen LogP contribution in [0.3, 0.4) is 0 Å². The van der Waals surface area contributed by atoms with Crippen LogP contribution in [0.15, 0.2) is 82.2 Å². The Morgan fingerprint density at radius 2 is 1.47 bits per heavy atom. The Morgan fingerprint density at radius 3 is 2.06 bits per heavy atom. The van der Waals surface area contributed by atoms with E-state index < -0.39 is 0 Å². The summed E-state index contributed by atoms with van der Waals surface area (Å²) >= 11 is 4.95. The maximum Gasteiger partial charge on any atom is 0.253 e. The zero-order valence-corrected chi connectivity index (χ0v) is 23.4. The zero-order valence-electron chi connectivity index (χ0n) is 21.0. The lowest BCUT2D eigenvalue weighted by Gasteiger charge is -2.36. The van der Waals surface area contributed by atoms with Gasteiger partial charge in [-0.25, -0.2) is 0 Å². The molecule has 1 aliphatic rings. The van der Waals surface area contributed by atoms with Crippen LogP contribution in [-0.4, -0.2) is 48.6 Å². The van der Waals surface area contributed by atoms with Gasteiger partial charge in [0.25, 0.3) is 5.91 Å². The average Bonchev–Trinajstić information content (AvgIpc) is 2.88. The van der Waals surface area contributed by atoms with Crippen molar-refractivity contribution < 1.29 is 9.59 Å². The highest BCUT2D eigenvalue weighted by molar-refractivity contribution is 9.10. The number of nitrogens with one attached hydrogen (secondary N) is 1. The SMILES string of the molecule is CC(C)(C)c1ccc(SCC(=O)Nc2ccc(N3CCN(C(=O)c4ccc(Br)cc4)CC3)cc2)cc1. The molecule has 0 atom stereocenters. The fraction of sp³-hybridized carbons (Fsp3) is 0.310. The minimum absolute atomic E-state index is 0.0206. The van der Waals surface area contributed by atoms with Crippen LogP contribution < -0.4 is 10.2 Å². The van der Waals surface area contributed by atoms with Gasteiger partial charge in [-0.15, -0.1) is 11.8 Å². The fourth-order valence-corrected chi connectivity index (χ4v) is 5.06. The Balaban J connectivity index is 1.24. The molecule has 0 spiro atoms. The smallest absolute Gasteiger partial charge is 0.253 e. The van der Waals surface area contributed by atoms with Crippen molar-refractivity contribution in [2.75, 3.05) is 42.1 Å². The summed E-state index contributed by atoms with van der Waals surface area (Å²) in [5, 5.41) is 2.99. The first-order chi connectivity index (χ1) is 17.2. The molecule has 2 amide bonds. The van der Waals surface area contributed by atoms with Crippen molar-refractivity contribution in [2.45, 2.75) is 31.1 Å². The second-order valence-corrected chi connectivity index (χ2v) is 11.9. The standard InChI is InChI=1S/C29H32BrN3O2S/c1-29(2,3)22-6-14-26(15-7-22)36-20-27(34)31-24-10-12-25(13-11-24)32-16-18-33(19-17-32)28(35)21-4-8-23(30)9-5-21/h4-15H,16-20H2,1-3H3,(H,31,34). The number of anilines is 2. The van der Waals surface area contributed by atoms with Crippen LogP contribution in [0.5, 0.6) is 0 Å². The van der Waals surface area contributed by atoms with Crippen LogP contribution in [0.2, 0.25) is 0 Å². The lowest BCUT2D eigenvalue weighted by Crippen LogP contribution is -2.48. The van der Waals surface area contributed by atoms with Gasteiger partial charge in [0, 0.05) is 52.5 Å². The molecule has 4 rings (SSSR count). The molecule has 0 aromatic heterocycles. The van der Waals surface area contributed by atoms with Crippen molar-refractivity contribution in [1.82, 2.24) is 4.90 Å². The van der Waals surface area contributed by atoms with Gasteiger partial charge in [-0.2, -0.15) is 0 Å². The van der Waals surface area contributed by atoms with E-state index in [0.717, 1.165) is 33.8 Å². The van der Waals surface area contributed by atoms with Crippen molar-refractivity contribution in [3.05, 3.63) is 88.4 Å². The summed E-state index contributed by atoms with van der Waals surface area (Å²) in [5.41, 5.74) is 4.01. The van der Waals surface area contributed by atoms with E-state index in [1.807, 2.05) is 53.4 Å². The van der Waals surface area contributed by atoms with Crippen LogP contribution in [0, 0.1) is 0 Å². The Kier molecular flexibility index (Phi) is 8.42. The molecule has 1 saturated heterocycles. The predicted molar refractivity (Wildman–Crippen MR) is 153 cm³/mol. The lowest BCUT2D eigenvalue weighted by atomic mass is 9.87. The maximum absolute atomic E-state index is 12.8. The highest BCUT2D eigenvalue weighted by atomic mass is 79.9. The second kappa shape index (κ2) is 11.5. The van der Waals surface area contributed by atoms with E-state index in [-0.39, 0.29) is 17.2 Å². The number of amides is 2. The highest BCUT2D eigenvalue weighted by Gasteiger charge is 2.22. The summed E-state index contributed by atoms with van der Waals surface area (Å²) in [4.78, 5) is 30.5. The first kappa shape index (κ1) is 26.3. The Labute approximate surface area is 226 Å². The maximum atomic E-state index is 12.8. The van der Waals surface area contributed by atoms with Gasteiger partial charge in [-0.3, -0.25) is 9.59 Å². The number of piperazine rings is 1. The fourth-order valence-electron chi connectivity index (χ4n) is 4.10. The molecule has 0 bridgehead atoms. The molecule has 3 aromatic carbocycles. The van der Waals surface area contributed by atoms with E-state index in [1.54, 1.807) is 0 Å². The van der Waals surface area contributed by atoms with Crippen LogP contribution in [-0.2, 0) is 10.2 Å². The summed E-state index contributed by atoms with van der Waals surface area (Å²) in [6, 6.07) is 23.9. The van der Waals surface area contributed by atoms with Crippen molar-refractivity contribution in [3.63, 3.8) is 0 Å². The third-order valence-corrected chi connectivity index (χ3v) is 7.81. The molecule has 1 heterocycles. The van der Waals surface area contributed by atoms with Crippen molar-refractivity contribution in [2.24, 2.45) is 0 Å². The predicted octanol–water partition coefficient (Wildman–Crippen LogP) is 6.44. The summed E-state index contributed by atoms with van der Waals surface area (Å²) < 4.78 is 0.966. The molecule has 7 heteroatoms. The van der Waals surface area contributed by atoms with E-state index in [2.05, 4.69) is 71.2 Å². The molecular formula is C29H32BrN3O2S. The third-order valence-electron chi connectivity index (χ3n) is 6.26. The van der Waals surface area contributed by atoms with Crippen molar-refractivity contribution >= 4 is 50.9 Å². The Bertz CT molecular complexity index is 1180. The first-order valence-corrected chi connectivity index (χ1v) is 13.9. The number of thioether (sulfide) groups is 1. The van der Waals surface area contributed by atoms with Gasteiger partial charge < -0.3 is 15.1 Å². The number of rotatable bonds is 6. The number of hydrogen-bond acceptors (Lipinski definition) is 4. The van der Waals surface area contributed by atoms with Crippen LogP contribution >= 0.6 is 27.7 Å². The molecule has 1 fully saturated rings. The number of halogens is 1. The normalized spacial score (nSPS) is 14.0. The van der Waals surface area contributed by atoms with Gasteiger partial charge in [-0.1, -0.05) is 48.8 Å². The summed E-state index contributed by atoms with van der Waals surface area (Å²) in [5.74, 6) is 0.418. The van der Waals surface area contributed by atoms with Gasteiger partial charge in [0.05, 0.1) is 5.75 Å². The number of benzene rings is 3. The van der Waals surface area contributed by atoms with Gasteiger partial charge in [0.1, 0.15) is 0 Å². The molecule has 36 heavy (non-hydrogen) atoms. The van der Waals surface area contributed by atoms with E-state index in [9.17, 15) is 9.59 Å². The highest BCUT2D eigenvalue weighted by Crippen LogP contribution is 2.26. The van der Waals surface area contributed by atoms with E-state index >= 15 is 0 Å². The molecule has 188 valence electrons. The molecule has 0 unspecified atom stereocenters. The topological polar surface area (TPSA) is 52.7 Å². The minimum Gasteiger partial charge on any atom is -0.368 e. The van der Waals surface area contributed by atoms with Crippen molar-refractivity contribution in [1.29, 1.82) is 0 Å². The van der Waals surface area contributed by atoms with Crippen LogP contribution in [0.25, 0.3) is 0 Å². The second-order valence-electron chi connectivity index (χ2n) is 9.94. The third kappa shape index (κ3) is 6.92.